The number of carbonyl (C=O) groups excluding carboxylic acids is 1. The molecule has 16 heteroatoms. The molecule has 0 unspecified atom stereocenters. The molecule has 0 spiro atoms. The molecule has 3 aliphatic heterocycles. The van der Waals surface area contributed by atoms with Crippen molar-refractivity contribution in [2.45, 2.75) is 76.7 Å². The Morgan fingerprint density at radius 1 is 1.21 bits per heavy atom. The number of rotatable bonds is 7. The van der Waals surface area contributed by atoms with Crippen LogP contribution in [0.1, 0.15) is 64.0 Å². The van der Waals surface area contributed by atoms with E-state index in [2.05, 4.69) is 14.9 Å². The van der Waals surface area contributed by atoms with E-state index in [4.69, 9.17) is 15.9 Å². The number of halogens is 5. The van der Waals surface area contributed by atoms with Gasteiger partial charge in [-0.2, -0.15) is 28.4 Å². The number of thiophene rings is 1. The summed E-state index contributed by atoms with van der Waals surface area (Å²) in [5, 5.41) is 16.7. The third-order valence-corrected chi connectivity index (χ3v) is 11.7. The molecule has 7 rings (SSSR count). The monoisotopic (exact) mass is 742 g/mol. The number of alkyl halides is 3. The van der Waals surface area contributed by atoms with Crippen molar-refractivity contribution >= 4 is 55.3 Å². The molecule has 0 radical (unpaired) electrons. The Morgan fingerprint density at radius 3 is 2.54 bits per heavy atom. The van der Waals surface area contributed by atoms with E-state index in [9.17, 15) is 14.4 Å². The maximum atomic E-state index is 17.1. The summed E-state index contributed by atoms with van der Waals surface area (Å²) in [6, 6.07) is 3.40. The van der Waals surface area contributed by atoms with Crippen LogP contribution in [0.5, 0.6) is 6.01 Å². The highest BCUT2D eigenvalue weighted by Crippen LogP contribution is 2.48. The number of likely N-dealkylation sites (N-methyl/N-ethyl adjacent to an activating group) is 1. The van der Waals surface area contributed by atoms with E-state index in [1.54, 1.807) is 18.9 Å². The summed E-state index contributed by atoms with van der Waals surface area (Å²) in [4.78, 5) is 26.8. The molecule has 2 aromatic carbocycles. The first-order valence-electron chi connectivity index (χ1n) is 17.2. The van der Waals surface area contributed by atoms with E-state index >= 15 is 17.6 Å². The Bertz CT molecular complexity index is 2090. The number of nitrogens with zero attached hydrogens (tertiary/aromatic N) is 6. The zero-order valence-corrected chi connectivity index (χ0v) is 30.0. The number of aromatic nitrogens is 2. The second-order valence-electron chi connectivity index (χ2n) is 13.2. The predicted molar refractivity (Wildman–Crippen MR) is 191 cm³/mol. The molecule has 0 bridgehead atoms. The molecule has 2 atom stereocenters. The molecule has 3 saturated heterocycles. The second kappa shape index (κ2) is 14.1. The number of hydrogen-bond acceptors (Lipinski definition) is 10. The Morgan fingerprint density at radius 2 is 1.90 bits per heavy atom. The number of hydrogen-bond donors (Lipinski definition) is 2. The van der Waals surface area contributed by atoms with Gasteiger partial charge in [-0.05, 0) is 69.8 Å². The van der Waals surface area contributed by atoms with E-state index in [1.165, 1.54) is 4.90 Å². The number of nitrogens with two attached hydrogens (primary N) is 1. The average Bonchev–Trinajstić information content (AvgIpc) is 3.89. The van der Waals surface area contributed by atoms with E-state index in [-0.39, 0.29) is 55.6 Å². The standard InChI is InChI=1S/C34H33F5N8O2S.C2H6/c1-17-23(7-12-47(17)24(48)15-41)45(2)31-19-13-21(34(37,38)39)26(18-5-6-22(35)29-25(18)20(14-40)30(42)50-29)27(36)28(19)43-32(44-31)49-16-33-8-3-10-46(33)11-4-9-33;1-2/h5-6,13,15,17,23,41H,3-4,7-12,16,42H2,1-2H3;1-2H3/t17-,23-;/m1./s1. The number of nitrogen functional groups attached to an aromatic ring is 1. The normalized spacial score (nSPS) is 19.7. The molecule has 1 amide bonds. The Balaban J connectivity index is 0.00000228. The molecule has 2 aromatic heterocycles. The fourth-order valence-corrected chi connectivity index (χ4v) is 9.12. The van der Waals surface area contributed by atoms with Crippen LogP contribution in [0.15, 0.2) is 18.2 Å². The van der Waals surface area contributed by atoms with Crippen LogP contribution < -0.4 is 15.4 Å². The van der Waals surface area contributed by atoms with Gasteiger partial charge in [-0.15, -0.1) is 11.3 Å². The van der Waals surface area contributed by atoms with Gasteiger partial charge in [0.1, 0.15) is 34.8 Å². The van der Waals surface area contributed by atoms with Crippen LogP contribution in [0.4, 0.5) is 32.8 Å². The molecule has 276 valence electrons. The molecule has 5 heterocycles. The van der Waals surface area contributed by atoms with Gasteiger partial charge >= 0.3 is 12.2 Å². The number of ether oxygens (including phenoxy) is 1. The molecular formula is C36H39F5N8O2S. The fraction of sp³-hybridized carbons (Fsp3) is 0.472. The highest BCUT2D eigenvalue weighted by Gasteiger charge is 2.45. The van der Waals surface area contributed by atoms with Gasteiger partial charge in [0.15, 0.2) is 5.82 Å². The van der Waals surface area contributed by atoms with Gasteiger partial charge in [0.05, 0.1) is 33.6 Å². The Kier molecular flexibility index (Phi) is 10.1. The number of carbonyl (C=O) groups is 1. The van der Waals surface area contributed by atoms with Crippen LogP contribution in [0, 0.1) is 28.4 Å². The molecule has 10 nitrogen and oxygen atoms in total. The highest BCUT2D eigenvalue weighted by atomic mass is 32.1. The summed E-state index contributed by atoms with van der Waals surface area (Å²) in [5.74, 6) is -2.70. The van der Waals surface area contributed by atoms with Crippen molar-refractivity contribution in [3.05, 3.63) is 41.0 Å². The van der Waals surface area contributed by atoms with Crippen LogP contribution in [-0.2, 0) is 11.0 Å². The van der Waals surface area contributed by atoms with Crippen molar-refractivity contribution in [1.29, 1.82) is 10.7 Å². The topological polar surface area (TPSA) is 135 Å². The van der Waals surface area contributed by atoms with Crippen LogP contribution in [0.25, 0.3) is 32.1 Å². The number of anilines is 2. The molecule has 52 heavy (non-hydrogen) atoms. The minimum absolute atomic E-state index is 0.0316. The minimum atomic E-state index is -5.11. The molecule has 3 fully saturated rings. The maximum Gasteiger partial charge on any atom is 0.417 e. The van der Waals surface area contributed by atoms with Crippen LogP contribution in [-0.4, -0.2) is 82.8 Å². The Hall–Kier alpha value is -4.62. The summed E-state index contributed by atoms with van der Waals surface area (Å²) in [6.07, 6.45) is -0.228. The largest absolute Gasteiger partial charge is 0.461 e. The van der Waals surface area contributed by atoms with Crippen molar-refractivity contribution in [3.63, 3.8) is 0 Å². The number of nitriles is 1. The lowest BCUT2D eigenvalue weighted by Gasteiger charge is -2.33. The molecule has 3 aliphatic rings. The van der Waals surface area contributed by atoms with Gasteiger partial charge < -0.3 is 25.7 Å². The zero-order chi connectivity index (χ0) is 37.7. The summed E-state index contributed by atoms with van der Waals surface area (Å²) >= 11 is 0.692. The third-order valence-electron chi connectivity index (χ3n) is 10.6. The Labute approximate surface area is 301 Å². The molecule has 0 aliphatic carbocycles. The van der Waals surface area contributed by atoms with Crippen LogP contribution in [0.3, 0.4) is 0 Å². The number of benzene rings is 2. The van der Waals surface area contributed by atoms with E-state index in [1.807, 2.05) is 19.9 Å². The van der Waals surface area contributed by atoms with Crippen molar-refractivity contribution in [2.24, 2.45) is 0 Å². The van der Waals surface area contributed by atoms with Crippen molar-refractivity contribution in [3.8, 4) is 23.2 Å². The van der Waals surface area contributed by atoms with Crippen molar-refractivity contribution in [1.82, 2.24) is 19.8 Å². The second-order valence-corrected chi connectivity index (χ2v) is 14.2. The molecule has 0 saturated carbocycles. The lowest BCUT2D eigenvalue weighted by Crippen LogP contribution is -2.44. The summed E-state index contributed by atoms with van der Waals surface area (Å²) in [7, 11) is 1.61. The van der Waals surface area contributed by atoms with E-state index in [0.29, 0.717) is 30.5 Å². The van der Waals surface area contributed by atoms with Gasteiger partial charge in [0.2, 0.25) is 0 Å². The van der Waals surface area contributed by atoms with Gasteiger partial charge in [-0.3, -0.25) is 9.69 Å². The van der Waals surface area contributed by atoms with Crippen molar-refractivity contribution < 1.29 is 31.5 Å². The van der Waals surface area contributed by atoms with Gasteiger partial charge in [-0.25, -0.2) is 8.78 Å². The third kappa shape index (κ3) is 6.07. The summed E-state index contributed by atoms with van der Waals surface area (Å²) in [5.41, 5.74) is 2.38. The molecular weight excluding hydrogens is 704 g/mol. The highest BCUT2D eigenvalue weighted by molar-refractivity contribution is 7.23. The first-order valence-corrected chi connectivity index (χ1v) is 18.1. The van der Waals surface area contributed by atoms with Gasteiger partial charge in [0, 0.05) is 36.0 Å². The minimum Gasteiger partial charge on any atom is -0.461 e. The summed E-state index contributed by atoms with van der Waals surface area (Å²) in [6.45, 7) is 8.11. The van der Waals surface area contributed by atoms with Crippen molar-refractivity contribution in [2.75, 3.05) is 43.9 Å². The lowest BCUT2D eigenvalue weighted by molar-refractivity contribution is -0.137. The van der Waals surface area contributed by atoms with E-state index in [0.717, 1.165) is 57.0 Å². The van der Waals surface area contributed by atoms with Crippen LogP contribution >= 0.6 is 11.3 Å². The number of fused-ring (bicyclic) bond motifs is 3. The van der Waals surface area contributed by atoms with Gasteiger partial charge in [-0.1, -0.05) is 19.9 Å². The summed E-state index contributed by atoms with van der Waals surface area (Å²) < 4.78 is 83.1. The predicted octanol–water partition coefficient (Wildman–Crippen LogP) is 7.37. The maximum absolute atomic E-state index is 17.1. The fourth-order valence-electron chi connectivity index (χ4n) is 8.17. The number of likely N-dealkylation sites (tertiary alicyclic amines) is 1. The molecule has 3 N–H and O–H groups in total. The first kappa shape index (κ1) is 37.1. The molecule has 4 aromatic rings. The smallest absolute Gasteiger partial charge is 0.417 e. The number of amides is 1. The average molecular weight is 743 g/mol. The zero-order valence-electron chi connectivity index (χ0n) is 29.2. The van der Waals surface area contributed by atoms with E-state index < -0.39 is 52.4 Å². The van der Waals surface area contributed by atoms with Gasteiger partial charge in [0.25, 0.3) is 5.91 Å². The lowest BCUT2D eigenvalue weighted by atomic mass is 9.92. The first-order chi connectivity index (χ1) is 24.8. The van der Waals surface area contributed by atoms with Crippen LogP contribution in [0.2, 0.25) is 0 Å². The quantitative estimate of drug-likeness (QED) is 0.148. The number of nitrogens with one attached hydrogen (secondary N) is 1. The SMILES string of the molecule is CC.C[C@@H]1[C@H](N(C)c2nc(OCC34CCCN3CCC4)nc3c(F)c(-c4ccc(F)c5sc(N)c(C#N)c45)c(C(F)(F)F)cc23)CCN1C(=O)C=N.